The number of nitro groups is 1. The Labute approximate surface area is 173 Å². The molecular formula is C20H25N3O5S. The molecule has 1 aromatic heterocycles. The van der Waals surface area contributed by atoms with E-state index in [2.05, 4.69) is 27.7 Å². The molecule has 2 aromatic rings. The first-order valence-corrected chi connectivity index (χ1v) is 10.3. The summed E-state index contributed by atoms with van der Waals surface area (Å²) in [6, 6.07) is 6.79. The minimum absolute atomic E-state index is 0.0252. The van der Waals surface area contributed by atoms with Crippen LogP contribution in [0.25, 0.3) is 0 Å². The predicted octanol–water partition coefficient (Wildman–Crippen LogP) is 3.32. The van der Waals surface area contributed by atoms with Crippen LogP contribution in [-0.4, -0.2) is 49.6 Å². The van der Waals surface area contributed by atoms with Gasteiger partial charge in [-0.2, -0.15) is 0 Å². The molecule has 0 spiro atoms. The molecule has 0 radical (unpaired) electrons. The van der Waals surface area contributed by atoms with Gasteiger partial charge in [0.25, 0.3) is 11.6 Å². The number of carbonyl (C=O) groups is 1. The van der Waals surface area contributed by atoms with E-state index in [1.54, 1.807) is 11.3 Å². The molecule has 1 fully saturated rings. The lowest BCUT2D eigenvalue weighted by atomic mass is 9.96. The number of hydrogen-bond acceptors (Lipinski definition) is 7. The van der Waals surface area contributed by atoms with Gasteiger partial charge in [0.15, 0.2) is 11.5 Å². The number of methoxy groups -OCH3 is 2. The number of amides is 1. The second-order valence-corrected chi connectivity index (χ2v) is 8.02. The summed E-state index contributed by atoms with van der Waals surface area (Å²) in [5, 5.41) is 16.3. The monoisotopic (exact) mass is 419 g/mol. The topological polar surface area (TPSA) is 93.9 Å². The Kier molecular flexibility index (Phi) is 7.05. The van der Waals surface area contributed by atoms with E-state index in [0.29, 0.717) is 12.5 Å². The number of thiophene rings is 1. The first kappa shape index (κ1) is 21.1. The number of piperidine rings is 1. The third kappa shape index (κ3) is 5.24. The molecule has 1 N–H and O–H groups in total. The SMILES string of the molecule is COc1cc(C(=O)NCC2CCN(Cc3cccs3)CC2)c([N+](=O)[O-])cc1OC. The maximum atomic E-state index is 12.6. The molecule has 0 atom stereocenters. The summed E-state index contributed by atoms with van der Waals surface area (Å²) in [6.45, 7) is 3.43. The molecule has 1 aromatic carbocycles. The highest BCUT2D eigenvalue weighted by Gasteiger charge is 2.26. The van der Waals surface area contributed by atoms with E-state index in [1.807, 2.05) is 0 Å². The number of carbonyl (C=O) groups excluding carboxylic acids is 1. The normalized spacial score (nSPS) is 15.1. The van der Waals surface area contributed by atoms with Crippen molar-refractivity contribution in [2.45, 2.75) is 19.4 Å². The van der Waals surface area contributed by atoms with Crippen molar-refractivity contribution in [1.29, 1.82) is 0 Å². The lowest BCUT2D eigenvalue weighted by Crippen LogP contribution is -2.38. The fraction of sp³-hybridized carbons (Fsp3) is 0.450. The summed E-state index contributed by atoms with van der Waals surface area (Å²) in [6.07, 6.45) is 1.97. The van der Waals surface area contributed by atoms with Crippen LogP contribution in [0, 0.1) is 16.0 Å². The van der Waals surface area contributed by atoms with Gasteiger partial charge in [-0.3, -0.25) is 19.8 Å². The van der Waals surface area contributed by atoms with Gasteiger partial charge in [0, 0.05) is 24.0 Å². The molecule has 3 rings (SSSR count). The van der Waals surface area contributed by atoms with E-state index < -0.39 is 10.8 Å². The number of ether oxygens (including phenoxy) is 2. The van der Waals surface area contributed by atoms with Crippen molar-refractivity contribution < 1.29 is 19.2 Å². The van der Waals surface area contributed by atoms with Gasteiger partial charge in [0.05, 0.1) is 25.2 Å². The zero-order valence-electron chi connectivity index (χ0n) is 16.6. The summed E-state index contributed by atoms with van der Waals surface area (Å²) < 4.78 is 10.3. The molecular weight excluding hydrogens is 394 g/mol. The Hall–Kier alpha value is -2.65. The fourth-order valence-electron chi connectivity index (χ4n) is 3.51. The summed E-state index contributed by atoms with van der Waals surface area (Å²) in [7, 11) is 2.82. The number of hydrogen-bond donors (Lipinski definition) is 1. The van der Waals surface area contributed by atoms with Crippen LogP contribution in [-0.2, 0) is 6.54 Å². The molecule has 1 aliphatic heterocycles. The highest BCUT2D eigenvalue weighted by atomic mass is 32.1. The molecule has 9 heteroatoms. The maximum absolute atomic E-state index is 12.6. The average Bonchev–Trinajstić information content (AvgIpc) is 3.24. The van der Waals surface area contributed by atoms with Crippen molar-refractivity contribution in [1.82, 2.24) is 10.2 Å². The lowest BCUT2D eigenvalue weighted by Gasteiger charge is -2.31. The van der Waals surface area contributed by atoms with Crippen LogP contribution in [0.3, 0.4) is 0 Å². The van der Waals surface area contributed by atoms with E-state index in [4.69, 9.17) is 9.47 Å². The van der Waals surface area contributed by atoms with Gasteiger partial charge < -0.3 is 14.8 Å². The maximum Gasteiger partial charge on any atom is 0.286 e. The van der Waals surface area contributed by atoms with Crippen LogP contribution < -0.4 is 14.8 Å². The van der Waals surface area contributed by atoms with Crippen LogP contribution >= 0.6 is 11.3 Å². The van der Waals surface area contributed by atoms with Gasteiger partial charge >= 0.3 is 0 Å². The first-order chi connectivity index (χ1) is 14.0. The third-order valence-corrected chi connectivity index (χ3v) is 6.02. The highest BCUT2D eigenvalue weighted by molar-refractivity contribution is 7.09. The lowest BCUT2D eigenvalue weighted by molar-refractivity contribution is -0.385. The van der Waals surface area contributed by atoms with Crippen molar-refractivity contribution >= 4 is 22.9 Å². The Balaban J connectivity index is 1.57. The summed E-state index contributed by atoms with van der Waals surface area (Å²) in [5.74, 6) is 0.385. The third-order valence-electron chi connectivity index (χ3n) is 5.16. The molecule has 1 saturated heterocycles. The molecule has 1 aliphatic rings. The van der Waals surface area contributed by atoms with Gasteiger partial charge in [-0.15, -0.1) is 11.3 Å². The zero-order chi connectivity index (χ0) is 20.8. The number of likely N-dealkylation sites (tertiary alicyclic amines) is 1. The minimum Gasteiger partial charge on any atom is -0.493 e. The Bertz CT molecular complexity index is 848. The van der Waals surface area contributed by atoms with Crippen molar-refractivity contribution in [2.75, 3.05) is 33.9 Å². The first-order valence-electron chi connectivity index (χ1n) is 9.45. The number of nitrogens with zero attached hydrogens (tertiary/aromatic N) is 2. The fourth-order valence-corrected chi connectivity index (χ4v) is 4.25. The number of rotatable bonds is 8. The van der Waals surface area contributed by atoms with Gasteiger partial charge in [-0.25, -0.2) is 0 Å². The van der Waals surface area contributed by atoms with Gasteiger partial charge in [0.2, 0.25) is 0 Å². The van der Waals surface area contributed by atoms with E-state index in [1.165, 1.54) is 31.2 Å². The predicted molar refractivity (Wildman–Crippen MR) is 111 cm³/mol. The van der Waals surface area contributed by atoms with Crippen molar-refractivity contribution in [3.8, 4) is 11.5 Å². The Morgan fingerprint density at radius 1 is 1.28 bits per heavy atom. The second-order valence-electron chi connectivity index (χ2n) is 6.99. The second kappa shape index (κ2) is 9.71. The largest absolute Gasteiger partial charge is 0.493 e. The van der Waals surface area contributed by atoms with Crippen LogP contribution in [0.15, 0.2) is 29.6 Å². The molecule has 2 heterocycles. The summed E-state index contributed by atoms with van der Waals surface area (Å²) in [5.41, 5.74) is -0.325. The quantitative estimate of drug-likeness (QED) is 0.521. The smallest absolute Gasteiger partial charge is 0.286 e. The van der Waals surface area contributed by atoms with Crippen molar-refractivity contribution in [2.24, 2.45) is 5.92 Å². The Morgan fingerprint density at radius 3 is 2.55 bits per heavy atom. The highest BCUT2D eigenvalue weighted by Crippen LogP contribution is 2.34. The van der Waals surface area contributed by atoms with E-state index in [-0.39, 0.29) is 22.7 Å². The molecule has 1 amide bonds. The molecule has 0 saturated carbocycles. The van der Waals surface area contributed by atoms with E-state index in [0.717, 1.165) is 32.5 Å². The molecule has 29 heavy (non-hydrogen) atoms. The zero-order valence-corrected chi connectivity index (χ0v) is 17.4. The number of benzene rings is 1. The van der Waals surface area contributed by atoms with Crippen molar-refractivity contribution in [3.05, 3.63) is 50.2 Å². The van der Waals surface area contributed by atoms with Gasteiger partial charge in [-0.1, -0.05) is 6.07 Å². The molecule has 8 nitrogen and oxygen atoms in total. The summed E-state index contributed by atoms with van der Waals surface area (Å²) in [4.78, 5) is 27.2. The molecule has 0 bridgehead atoms. The molecule has 0 unspecified atom stereocenters. The van der Waals surface area contributed by atoms with E-state index in [9.17, 15) is 14.9 Å². The van der Waals surface area contributed by atoms with Gasteiger partial charge in [-0.05, 0) is 43.3 Å². The summed E-state index contributed by atoms with van der Waals surface area (Å²) >= 11 is 1.77. The van der Waals surface area contributed by atoms with Gasteiger partial charge in [0.1, 0.15) is 5.56 Å². The number of nitro benzene ring substituents is 1. The number of nitrogens with one attached hydrogen (secondary N) is 1. The van der Waals surface area contributed by atoms with Crippen molar-refractivity contribution in [3.63, 3.8) is 0 Å². The Morgan fingerprint density at radius 2 is 1.97 bits per heavy atom. The molecule has 0 aliphatic carbocycles. The van der Waals surface area contributed by atoms with Crippen LogP contribution in [0.2, 0.25) is 0 Å². The van der Waals surface area contributed by atoms with Crippen LogP contribution in [0.4, 0.5) is 5.69 Å². The minimum atomic E-state index is -0.583. The average molecular weight is 420 g/mol. The molecule has 156 valence electrons. The van der Waals surface area contributed by atoms with Crippen LogP contribution in [0.5, 0.6) is 11.5 Å². The van der Waals surface area contributed by atoms with Crippen LogP contribution in [0.1, 0.15) is 28.1 Å². The van der Waals surface area contributed by atoms with E-state index >= 15 is 0 Å². The standard InChI is InChI=1S/C20H25N3O5S/c1-27-18-10-16(17(23(25)26)11-19(18)28-2)20(24)21-12-14-5-7-22(8-6-14)13-15-4-3-9-29-15/h3-4,9-11,14H,5-8,12-13H2,1-2H3,(H,21,24).